The standard InChI is InChI=1S/C27H31NO5S2/c1-19(2)17-32-23-8-6-21(7-9-23)27(29)28(22-14-15-35(30,31)18-22)16-24-10-13-26(33-24)34-25-11-4-20(3)5-12-25/h4-13,19,22H,14-18H2,1-3H3/t22-/m1/s1. The van der Waals surface area contributed by atoms with Gasteiger partial charge in [0.05, 0.1) is 24.7 Å². The van der Waals surface area contributed by atoms with Crippen LogP contribution in [0.3, 0.4) is 0 Å². The van der Waals surface area contributed by atoms with Gasteiger partial charge in [0.1, 0.15) is 11.5 Å². The van der Waals surface area contributed by atoms with Crippen LogP contribution in [0.5, 0.6) is 5.75 Å². The van der Waals surface area contributed by atoms with Crippen LogP contribution >= 0.6 is 11.8 Å². The molecule has 1 fully saturated rings. The highest BCUT2D eigenvalue weighted by Gasteiger charge is 2.35. The Morgan fingerprint density at radius 3 is 2.43 bits per heavy atom. The van der Waals surface area contributed by atoms with Crippen LogP contribution in [0.1, 0.15) is 41.9 Å². The zero-order valence-corrected chi connectivity index (χ0v) is 21.9. The van der Waals surface area contributed by atoms with Crippen molar-refractivity contribution in [2.75, 3.05) is 18.1 Å². The van der Waals surface area contributed by atoms with Crippen LogP contribution in [0.15, 0.2) is 75.1 Å². The van der Waals surface area contributed by atoms with E-state index in [9.17, 15) is 13.2 Å². The van der Waals surface area contributed by atoms with Crippen LogP contribution in [0.4, 0.5) is 0 Å². The largest absolute Gasteiger partial charge is 0.493 e. The number of furan rings is 1. The number of sulfone groups is 1. The van der Waals surface area contributed by atoms with E-state index in [2.05, 4.69) is 13.8 Å². The first-order valence-corrected chi connectivity index (χ1v) is 14.4. The molecule has 1 aromatic heterocycles. The van der Waals surface area contributed by atoms with Gasteiger partial charge in [0.2, 0.25) is 0 Å². The minimum Gasteiger partial charge on any atom is -0.493 e. The Morgan fingerprint density at radius 1 is 1.09 bits per heavy atom. The number of amides is 1. The lowest BCUT2D eigenvalue weighted by atomic mass is 10.1. The van der Waals surface area contributed by atoms with E-state index in [1.807, 2.05) is 43.3 Å². The van der Waals surface area contributed by atoms with Gasteiger partial charge in [-0.25, -0.2) is 8.42 Å². The number of benzene rings is 2. The summed E-state index contributed by atoms with van der Waals surface area (Å²) in [6.45, 7) is 7.00. The van der Waals surface area contributed by atoms with Gasteiger partial charge in [-0.15, -0.1) is 0 Å². The molecule has 8 heteroatoms. The first kappa shape index (κ1) is 25.4. The Bertz CT molecular complexity index is 1250. The van der Waals surface area contributed by atoms with Crippen LogP contribution in [0.25, 0.3) is 0 Å². The van der Waals surface area contributed by atoms with Gasteiger partial charge in [0, 0.05) is 16.5 Å². The smallest absolute Gasteiger partial charge is 0.254 e. The van der Waals surface area contributed by atoms with Gasteiger partial charge >= 0.3 is 0 Å². The summed E-state index contributed by atoms with van der Waals surface area (Å²) in [5, 5.41) is 0.724. The van der Waals surface area contributed by atoms with Crippen LogP contribution in [0, 0.1) is 12.8 Å². The van der Waals surface area contributed by atoms with E-state index in [1.165, 1.54) is 17.3 Å². The summed E-state index contributed by atoms with van der Waals surface area (Å²) in [6.07, 6.45) is 0.426. The Balaban J connectivity index is 1.51. The summed E-state index contributed by atoms with van der Waals surface area (Å²) in [7, 11) is -3.16. The molecule has 1 atom stereocenters. The molecule has 3 aromatic rings. The molecule has 0 N–H and O–H groups in total. The lowest BCUT2D eigenvalue weighted by Gasteiger charge is -2.27. The maximum absolute atomic E-state index is 13.5. The number of hydrogen-bond acceptors (Lipinski definition) is 6. The maximum Gasteiger partial charge on any atom is 0.254 e. The summed E-state index contributed by atoms with van der Waals surface area (Å²) in [4.78, 5) is 16.2. The fourth-order valence-corrected chi connectivity index (χ4v) is 6.42. The van der Waals surface area contributed by atoms with E-state index in [1.54, 1.807) is 29.2 Å². The average molecular weight is 514 g/mol. The molecular formula is C27H31NO5S2. The molecule has 1 amide bonds. The number of aryl methyl sites for hydroxylation is 1. The van der Waals surface area contributed by atoms with Gasteiger partial charge in [-0.05, 0) is 67.8 Å². The molecule has 1 aliphatic heterocycles. The number of ether oxygens (including phenoxy) is 1. The second-order valence-corrected chi connectivity index (χ2v) is 12.7. The van der Waals surface area contributed by atoms with Crippen LogP contribution in [-0.2, 0) is 16.4 Å². The van der Waals surface area contributed by atoms with Crippen LogP contribution in [-0.4, -0.2) is 43.4 Å². The Hall–Kier alpha value is -2.71. The second kappa shape index (κ2) is 10.9. The number of rotatable bonds is 9. The minimum absolute atomic E-state index is 0.0278. The molecule has 6 nitrogen and oxygen atoms in total. The zero-order chi connectivity index (χ0) is 25.0. The van der Waals surface area contributed by atoms with E-state index < -0.39 is 9.84 Å². The molecule has 186 valence electrons. The predicted molar refractivity (Wildman–Crippen MR) is 138 cm³/mol. The third-order valence-electron chi connectivity index (χ3n) is 5.80. The SMILES string of the molecule is Cc1ccc(Sc2ccc(CN(C(=O)c3ccc(OCC(C)C)cc3)[C@@H]3CCS(=O)(=O)C3)o2)cc1. The second-order valence-electron chi connectivity index (χ2n) is 9.36. The monoisotopic (exact) mass is 513 g/mol. The molecule has 0 aliphatic carbocycles. The first-order valence-electron chi connectivity index (χ1n) is 11.8. The van der Waals surface area contributed by atoms with E-state index in [0.717, 1.165) is 9.99 Å². The molecule has 2 aromatic carbocycles. The Morgan fingerprint density at radius 2 is 1.80 bits per heavy atom. The van der Waals surface area contributed by atoms with E-state index >= 15 is 0 Å². The van der Waals surface area contributed by atoms with Crippen molar-refractivity contribution in [2.45, 2.75) is 49.8 Å². The fourth-order valence-electron chi connectivity index (χ4n) is 3.90. The Labute approximate surface area is 211 Å². The normalized spacial score (nSPS) is 17.0. The molecule has 0 unspecified atom stereocenters. The summed E-state index contributed by atoms with van der Waals surface area (Å²) in [5.74, 6) is 1.57. The van der Waals surface area contributed by atoms with Crippen molar-refractivity contribution in [3.63, 3.8) is 0 Å². The quantitative estimate of drug-likeness (QED) is 0.371. The Kier molecular flexibility index (Phi) is 7.91. The molecule has 0 bridgehead atoms. The zero-order valence-electron chi connectivity index (χ0n) is 20.3. The van der Waals surface area contributed by atoms with E-state index in [-0.39, 0.29) is 30.0 Å². The minimum atomic E-state index is -3.16. The van der Waals surface area contributed by atoms with Gasteiger partial charge in [-0.1, -0.05) is 43.3 Å². The molecule has 0 radical (unpaired) electrons. The van der Waals surface area contributed by atoms with Crippen molar-refractivity contribution in [3.05, 3.63) is 77.6 Å². The highest BCUT2D eigenvalue weighted by Crippen LogP contribution is 2.31. The predicted octanol–water partition coefficient (Wildman–Crippen LogP) is 5.60. The summed E-state index contributed by atoms with van der Waals surface area (Å²) >= 11 is 1.51. The molecule has 0 saturated carbocycles. The van der Waals surface area contributed by atoms with Gasteiger partial charge in [0.25, 0.3) is 5.91 Å². The summed E-state index contributed by atoms with van der Waals surface area (Å²) in [6, 6.07) is 18.5. The highest BCUT2D eigenvalue weighted by molar-refractivity contribution is 7.99. The van der Waals surface area contributed by atoms with Crippen LogP contribution < -0.4 is 4.74 Å². The van der Waals surface area contributed by atoms with Gasteiger partial charge < -0.3 is 14.1 Å². The molecule has 1 aliphatic rings. The lowest BCUT2D eigenvalue weighted by Crippen LogP contribution is -2.40. The van der Waals surface area contributed by atoms with Crippen molar-refractivity contribution in [2.24, 2.45) is 5.92 Å². The summed E-state index contributed by atoms with van der Waals surface area (Å²) < 4.78 is 36.1. The van der Waals surface area contributed by atoms with Gasteiger partial charge in [-0.2, -0.15) is 0 Å². The van der Waals surface area contributed by atoms with Crippen molar-refractivity contribution >= 4 is 27.5 Å². The first-order chi connectivity index (χ1) is 16.7. The molecular weight excluding hydrogens is 482 g/mol. The van der Waals surface area contributed by atoms with Crippen molar-refractivity contribution in [1.29, 1.82) is 0 Å². The fraction of sp³-hybridized carbons (Fsp3) is 0.370. The molecule has 1 saturated heterocycles. The van der Waals surface area contributed by atoms with Crippen molar-refractivity contribution in [3.8, 4) is 5.75 Å². The number of hydrogen-bond donors (Lipinski definition) is 0. The van der Waals surface area contributed by atoms with Gasteiger partial charge in [0.15, 0.2) is 14.9 Å². The number of carbonyl (C=O) groups excluding carboxylic acids is 1. The number of nitrogens with zero attached hydrogens (tertiary/aromatic N) is 1. The van der Waals surface area contributed by atoms with Crippen LogP contribution in [0.2, 0.25) is 0 Å². The topological polar surface area (TPSA) is 76.8 Å². The van der Waals surface area contributed by atoms with E-state index in [0.29, 0.717) is 36.0 Å². The average Bonchev–Trinajstić information content (AvgIpc) is 3.42. The van der Waals surface area contributed by atoms with E-state index in [4.69, 9.17) is 9.15 Å². The summed E-state index contributed by atoms with van der Waals surface area (Å²) in [5.41, 5.74) is 1.68. The van der Waals surface area contributed by atoms with Crippen molar-refractivity contribution < 1.29 is 22.4 Å². The molecule has 2 heterocycles. The van der Waals surface area contributed by atoms with Crippen molar-refractivity contribution in [1.82, 2.24) is 4.90 Å². The third kappa shape index (κ3) is 6.92. The maximum atomic E-state index is 13.5. The third-order valence-corrected chi connectivity index (χ3v) is 8.48. The molecule has 4 rings (SSSR count). The number of carbonyl (C=O) groups is 1. The lowest BCUT2D eigenvalue weighted by molar-refractivity contribution is 0.0663. The molecule has 35 heavy (non-hydrogen) atoms. The highest BCUT2D eigenvalue weighted by atomic mass is 32.2. The van der Waals surface area contributed by atoms with Gasteiger partial charge in [-0.3, -0.25) is 4.79 Å². The molecule has 0 spiro atoms.